The number of carboxylic acid groups (broad SMARTS) is 1. The van der Waals surface area contributed by atoms with Gasteiger partial charge in [-0.2, -0.15) is 0 Å². The number of urea groups is 1. The fraction of sp³-hybridized carbons (Fsp3) is 0.561. The molecule has 1 fully saturated rings. The van der Waals surface area contributed by atoms with Crippen LogP contribution in [0.4, 0.5) is 4.79 Å². The number of primary amides is 1. The Balaban J connectivity index is 1.18. The van der Waals surface area contributed by atoms with Crippen molar-refractivity contribution in [3.05, 3.63) is 76.6 Å². The van der Waals surface area contributed by atoms with Gasteiger partial charge in [0.2, 0.25) is 11.8 Å². The molecule has 0 spiro atoms. The number of nitrogens with zero attached hydrogens (tertiary/aromatic N) is 3. The summed E-state index contributed by atoms with van der Waals surface area (Å²) in [5.41, 5.74) is 7.14. The summed E-state index contributed by atoms with van der Waals surface area (Å²) in [4.78, 5) is 48.5. The monoisotopic (exact) mass is 907 g/mol. The second kappa shape index (κ2) is 26.6. The Morgan fingerprint density at radius 2 is 1.60 bits per heavy atom. The molecule has 3 aromatic rings. The Labute approximate surface area is 369 Å². The molecule has 6 atom stereocenters. The number of aliphatic hydroxyl groups excluding tert-OH is 3. The molecule has 1 aliphatic heterocycles. The smallest absolute Gasteiger partial charge is 0.364 e. The zero-order valence-electron chi connectivity index (χ0n) is 35.1. The molecule has 0 aliphatic carbocycles. The number of amides is 4. The molecule has 21 nitrogen and oxygen atoms in total. The summed E-state index contributed by atoms with van der Waals surface area (Å²) in [5, 5.41) is 59.5. The van der Waals surface area contributed by atoms with Crippen molar-refractivity contribution in [3.8, 4) is 5.75 Å². The quantitative estimate of drug-likeness (QED) is 0.0428. The van der Waals surface area contributed by atoms with Crippen LogP contribution in [0, 0.1) is 0 Å². The van der Waals surface area contributed by atoms with Gasteiger partial charge in [0.25, 0.3) is 5.79 Å². The summed E-state index contributed by atoms with van der Waals surface area (Å²) >= 11 is 5.89. The minimum atomic E-state index is -2.53. The summed E-state index contributed by atoms with van der Waals surface area (Å²) in [5.74, 6) is -4.18. The van der Waals surface area contributed by atoms with E-state index < -0.39 is 67.1 Å². The Kier molecular flexibility index (Phi) is 21.4. The number of rotatable bonds is 29. The highest BCUT2D eigenvalue weighted by Crippen LogP contribution is 2.34. The van der Waals surface area contributed by atoms with Gasteiger partial charge in [0, 0.05) is 43.6 Å². The molecular weight excluding hydrogens is 850 g/mol. The first kappa shape index (κ1) is 50.7. The maximum atomic E-state index is 12.6. The third-order valence-electron chi connectivity index (χ3n) is 9.59. The van der Waals surface area contributed by atoms with Crippen molar-refractivity contribution in [1.29, 1.82) is 0 Å². The number of ether oxygens (including phenoxy) is 6. The normalized spacial score (nSPS) is 19.5. The van der Waals surface area contributed by atoms with E-state index in [0.717, 1.165) is 6.42 Å². The van der Waals surface area contributed by atoms with E-state index in [2.05, 4.69) is 26.3 Å². The van der Waals surface area contributed by atoms with Crippen LogP contribution in [-0.2, 0) is 64.1 Å². The van der Waals surface area contributed by atoms with Gasteiger partial charge in [0.1, 0.15) is 18.0 Å². The number of hydrogen-bond donors (Lipinski definition) is 8. The Hall–Kier alpha value is -4.97. The molecule has 348 valence electrons. The van der Waals surface area contributed by atoms with E-state index in [1.54, 1.807) is 59.4 Å². The van der Waals surface area contributed by atoms with Gasteiger partial charge in [-0.1, -0.05) is 48.0 Å². The van der Waals surface area contributed by atoms with Crippen molar-refractivity contribution in [2.24, 2.45) is 5.73 Å². The molecule has 22 heteroatoms. The van der Waals surface area contributed by atoms with Crippen LogP contribution in [0.5, 0.6) is 5.75 Å². The van der Waals surface area contributed by atoms with Crippen molar-refractivity contribution in [3.63, 3.8) is 0 Å². The standard InChI is InChI=1S/C41H58ClN7O14/c1-2-13-44-34(52)12-15-58-18-20-60-21-19-59-17-14-49-25-30(47-48-49)11-16-61-31-9-5-28(6-10-31)26-62-41(39(55)56)23-32(50)36(46-40(43)57)38(63-41)37(54)33(51)24-45-35(53)22-27-3-7-29(42)8-4-27/h3-10,25,32-33,36-38,50-51,54H,2,11-24,26H2,1H3,(H,44,52)(H,45,53)(H,55,56)(H3,43,46,57)/t32-,33+,36+,37+,38+,41+/m0/s1. The average Bonchev–Trinajstić information content (AvgIpc) is 3.72. The van der Waals surface area contributed by atoms with Crippen molar-refractivity contribution in [1.82, 2.24) is 30.9 Å². The largest absolute Gasteiger partial charge is 0.493 e. The lowest BCUT2D eigenvalue weighted by Crippen LogP contribution is -2.68. The highest BCUT2D eigenvalue weighted by molar-refractivity contribution is 6.30. The minimum absolute atomic E-state index is 0.0235. The molecular formula is C41H58ClN7O14. The summed E-state index contributed by atoms with van der Waals surface area (Å²) in [7, 11) is 0. The summed E-state index contributed by atoms with van der Waals surface area (Å²) in [6.45, 7) is 5.00. The number of aliphatic carboxylic acids is 1. The second-order valence-corrected chi connectivity index (χ2v) is 15.0. The zero-order chi connectivity index (χ0) is 45.6. The van der Waals surface area contributed by atoms with Gasteiger partial charge >= 0.3 is 12.0 Å². The van der Waals surface area contributed by atoms with Gasteiger partial charge in [0.05, 0.1) is 89.8 Å². The molecule has 0 bridgehead atoms. The number of carboxylic acids is 1. The molecule has 2 aromatic carbocycles. The molecule has 4 amide bonds. The molecule has 1 saturated heterocycles. The lowest BCUT2D eigenvalue weighted by Gasteiger charge is -2.46. The molecule has 0 saturated carbocycles. The fourth-order valence-corrected chi connectivity index (χ4v) is 6.35. The minimum Gasteiger partial charge on any atom is -0.493 e. The van der Waals surface area contributed by atoms with Gasteiger partial charge in [-0.15, -0.1) is 5.10 Å². The molecule has 9 N–H and O–H groups in total. The number of carbonyl (C=O) groups excluding carboxylic acids is 3. The maximum Gasteiger partial charge on any atom is 0.364 e. The lowest BCUT2D eigenvalue weighted by molar-refractivity contribution is -0.313. The molecule has 2 heterocycles. The molecule has 63 heavy (non-hydrogen) atoms. The first-order valence-corrected chi connectivity index (χ1v) is 20.9. The maximum absolute atomic E-state index is 12.6. The van der Waals surface area contributed by atoms with Crippen LogP contribution in [0.2, 0.25) is 5.02 Å². The van der Waals surface area contributed by atoms with E-state index in [-0.39, 0.29) is 25.5 Å². The zero-order valence-corrected chi connectivity index (χ0v) is 35.8. The highest BCUT2D eigenvalue weighted by atomic mass is 35.5. The molecule has 0 unspecified atom stereocenters. The third kappa shape index (κ3) is 17.6. The number of benzene rings is 2. The summed E-state index contributed by atoms with van der Waals surface area (Å²) in [6, 6.07) is 10.5. The SMILES string of the molecule is CCCNC(=O)CCOCCOCCOCCn1cc(CCOc2ccc(CO[C@]3(C(=O)O)C[C@H](O)[C@@H](NC(N)=O)[C@H]([C@H](O)[C@H](O)CNC(=O)Cc4ccc(Cl)cc4)O3)cc2)nn1. The first-order chi connectivity index (χ1) is 30.3. The average molecular weight is 908 g/mol. The fourth-order valence-electron chi connectivity index (χ4n) is 6.22. The van der Waals surface area contributed by atoms with Crippen LogP contribution in [0.15, 0.2) is 54.7 Å². The van der Waals surface area contributed by atoms with Gasteiger partial charge in [0.15, 0.2) is 0 Å². The molecule has 1 aliphatic rings. The van der Waals surface area contributed by atoms with Crippen molar-refractivity contribution in [2.75, 3.05) is 59.3 Å². The number of hydrogen-bond acceptors (Lipinski definition) is 15. The van der Waals surface area contributed by atoms with Crippen molar-refractivity contribution < 1.29 is 68.0 Å². The molecule has 0 radical (unpaired) electrons. The van der Waals surface area contributed by atoms with E-state index in [1.807, 2.05) is 6.92 Å². The number of aromatic nitrogens is 3. The predicted octanol–water partition coefficient (Wildman–Crippen LogP) is 0.0840. The molecule has 1 aromatic heterocycles. The van der Waals surface area contributed by atoms with Gasteiger partial charge in [-0.3, -0.25) is 9.59 Å². The van der Waals surface area contributed by atoms with E-state index in [0.29, 0.717) is 93.2 Å². The van der Waals surface area contributed by atoms with Gasteiger partial charge < -0.3 is 70.5 Å². The first-order valence-electron chi connectivity index (χ1n) is 20.6. The van der Waals surface area contributed by atoms with Crippen LogP contribution in [-0.4, -0.2) is 155 Å². The summed E-state index contributed by atoms with van der Waals surface area (Å²) < 4.78 is 35.5. The van der Waals surface area contributed by atoms with Crippen LogP contribution >= 0.6 is 11.6 Å². The predicted molar refractivity (Wildman–Crippen MR) is 223 cm³/mol. The number of nitrogens with one attached hydrogen (secondary N) is 3. The van der Waals surface area contributed by atoms with Gasteiger partial charge in [-0.05, 0) is 41.8 Å². The van der Waals surface area contributed by atoms with Crippen molar-refractivity contribution >= 4 is 35.4 Å². The number of halogens is 1. The number of carbonyl (C=O) groups is 4. The summed E-state index contributed by atoms with van der Waals surface area (Å²) in [6.07, 6.45) is -4.36. The lowest BCUT2D eigenvalue weighted by atomic mass is 9.88. The molecule has 4 rings (SSSR count). The van der Waals surface area contributed by atoms with E-state index in [4.69, 9.17) is 45.8 Å². The van der Waals surface area contributed by atoms with E-state index in [1.165, 1.54) is 0 Å². The highest BCUT2D eigenvalue weighted by Gasteiger charge is 2.56. The Bertz CT molecular complexity index is 1860. The van der Waals surface area contributed by atoms with Crippen LogP contribution in [0.3, 0.4) is 0 Å². The number of aliphatic hydroxyl groups is 3. The van der Waals surface area contributed by atoms with E-state index >= 15 is 0 Å². The van der Waals surface area contributed by atoms with Gasteiger partial charge in [-0.25, -0.2) is 14.3 Å². The Morgan fingerprint density at radius 3 is 2.27 bits per heavy atom. The second-order valence-electron chi connectivity index (χ2n) is 14.6. The van der Waals surface area contributed by atoms with E-state index in [9.17, 15) is 39.6 Å². The van der Waals surface area contributed by atoms with Crippen LogP contribution < -0.4 is 26.4 Å². The Morgan fingerprint density at radius 1 is 0.937 bits per heavy atom. The third-order valence-corrected chi connectivity index (χ3v) is 9.84. The topological polar surface area (TPSA) is 297 Å². The van der Waals surface area contributed by atoms with Crippen LogP contribution in [0.1, 0.15) is 43.0 Å². The number of nitrogens with two attached hydrogens (primary N) is 1. The van der Waals surface area contributed by atoms with Crippen LogP contribution in [0.25, 0.3) is 0 Å². The van der Waals surface area contributed by atoms with Crippen molar-refractivity contribution in [2.45, 2.75) is 88.4 Å².